The van der Waals surface area contributed by atoms with Gasteiger partial charge in [-0.2, -0.15) is 0 Å². The number of carbonyl (C=O) groups is 1. The Bertz CT molecular complexity index is 440. The van der Waals surface area contributed by atoms with E-state index in [1.54, 1.807) is 7.11 Å². The van der Waals surface area contributed by atoms with Gasteiger partial charge in [-0.3, -0.25) is 4.79 Å². The van der Waals surface area contributed by atoms with Gasteiger partial charge in [-0.25, -0.2) is 0 Å². The quantitative estimate of drug-likeness (QED) is 0.531. The highest BCUT2D eigenvalue weighted by molar-refractivity contribution is 6.31. The van der Waals surface area contributed by atoms with Gasteiger partial charge < -0.3 is 19.5 Å². The fourth-order valence-corrected chi connectivity index (χ4v) is 1.97. The summed E-state index contributed by atoms with van der Waals surface area (Å²) in [5.74, 6) is 0.503. The maximum absolute atomic E-state index is 11.0. The van der Waals surface area contributed by atoms with Crippen LogP contribution in [0.5, 0.6) is 5.75 Å². The third kappa shape index (κ3) is 6.80. The highest BCUT2D eigenvalue weighted by atomic mass is 35.5. The standard InChI is InChI=1S/C15H22ClNO4/c1-19-10-8-17-11-12-13(16)5-3-6-14(12)21-9-4-7-15(18)20-2/h3,5-6,17H,4,7-11H2,1-2H3. The van der Waals surface area contributed by atoms with E-state index in [0.717, 1.165) is 17.9 Å². The topological polar surface area (TPSA) is 56.8 Å². The first kappa shape index (κ1) is 17.8. The predicted molar refractivity (Wildman–Crippen MR) is 81.8 cm³/mol. The van der Waals surface area contributed by atoms with Gasteiger partial charge in [0.2, 0.25) is 0 Å². The summed E-state index contributed by atoms with van der Waals surface area (Å²) in [6.45, 7) is 2.43. The van der Waals surface area contributed by atoms with Gasteiger partial charge in [0.25, 0.3) is 0 Å². The number of halogens is 1. The predicted octanol–water partition coefficient (Wildman–Crippen LogP) is 2.41. The van der Waals surface area contributed by atoms with Crippen molar-refractivity contribution in [2.24, 2.45) is 0 Å². The molecule has 0 amide bonds. The minimum atomic E-state index is -0.230. The summed E-state index contributed by atoms with van der Waals surface area (Å²) < 4.78 is 15.3. The molecule has 0 aliphatic rings. The summed E-state index contributed by atoms with van der Waals surface area (Å²) in [7, 11) is 3.04. The fraction of sp³-hybridized carbons (Fsp3) is 0.533. The van der Waals surface area contributed by atoms with E-state index in [4.69, 9.17) is 21.1 Å². The molecule has 5 nitrogen and oxygen atoms in total. The lowest BCUT2D eigenvalue weighted by Gasteiger charge is -2.13. The number of hydrogen-bond donors (Lipinski definition) is 1. The van der Waals surface area contributed by atoms with Crippen molar-refractivity contribution >= 4 is 17.6 Å². The Hall–Kier alpha value is -1.30. The molecule has 1 aromatic carbocycles. The van der Waals surface area contributed by atoms with Crippen LogP contribution in [-0.2, 0) is 20.8 Å². The van der Waals surface area contributed by atoms with Crippen LogP contribution in [0.3, 0.4) is 0 Å². The second-order valence-electron chi connectivity index (χ2n) is 4.41. The van der Waals surface area contributed by atoms with E-state index < -0.39 is 0 Å². The van der Waals surface area contributed by atoms with Crippen LogP contribution < -0.4 is 10.1 Å². The molecule has 1 aromatic rings. The molecule has 0 saturated carbocycles. The number of ether oxygens (including phenoxy) is 3. The summed E-state index contributed by atoms with van der Waals surface area (Å²) in [4.78, 5) is 11.0. The molecule has 0 fully saturated rings. The Morgan fingerprint density at radius 2 is 2.10 bits per heavy atom. The van der Waals surface area contributed by atoms with Crippen molar-refractivity contribution in [3.63, 3.8) is 0 Å². The van der Waals surface area contributed by atoms with Crippen molar-refractivity contribution in [3.8, 4) is 5.75 Å². The molecule has 1 N–H and O–H groups in total. The van der Waals surface area contributed by atoms with E-state index in [0.29, 0.717) is 37.6 Å². The molecule has 0 spiro atoms. The molecule has 6 heteroatoms. The van der Waals surface area contributed by atoms with Crippen molar-refractivity contribution < 1.29 is 19.0 Å². The largest absolute Gasteiger partial charge is 0.493 e. The average molecular weight is 316 g/mol. The molecule has 0 bridgehead atoms. The first-order chi connectivity index (χ1) is 10.2. The lowest BCUT2D eigenvalue weighted by molar-refractivity contribution is -0.140. The maximum atomic E-state index is 11.0. The Balaban J connectivity index is 2.48. The van der Waals surface area contributed by atoms with Crippen LogP contribution in [0, 0.1) is 0 Å². The second-order valence-corrected chi connectivity index (χ2v) is 4.82. The van der Waals surface area contributed by atoms with E-state index in [1.165, 1.54) is 7.11 Å². The molecular formula is C15H22ClNO4. The van der Waals surface area contributed by atoms with Gasteiger partial charge in [-0.15, -0.1) is 0 Å². The van der Waals surface area contributed by atoms with Crippen LogP contribution in [0.15, 0.2) is 18.2 Å². The van der Waals surface area contributed by atoms with Crippen LogP contribution in [0.4, 0.5) is 0 Å². The molecule has 21 heavy (non-hydrogen) atoms. The summed E-state index contributed by atoms with van der Waals surface area (Å²) in [5, 5.41) is 3.90. The molecule has 0 aliphatic heterocycles. The number of carbonyl (C=O) groups excluding carboxylic acids is 1. The smallest absolute Gasteiger partial charge is 0.305 e. The normalized spacial score (nSPS) is 10.4. The molecule has 0 unspecified atom stereocenters. The Morgan fingerprint density at radius 3 is 2.81 bits per heavy atom. The number of benzene rings is 1. The highest BCUT2D eigenvalue weighted by Gasteiger charge is 2.08. The van der Waals surface area contributed by atoms with Crippen LogP contribution in [-0.4, -0.2) is 39.9 Å². The Labute approximate surface area is 130 Å². The number of methoxy groups -OCH3 is 2. The zero-order valence-electron chi connectivity index (χ0n) is 12.5. The van der Waals surface area contributed by atoms with Crippen molar-refractivity contribution in [1.82, 2.24) is 5.32 Å². The fourth-order valence-electron chi connectivity index (χ4n) is 1.73. The van der Waals surface area contributed by atoms with E-state index in [9.17, 15) is 4.79 Å². The van der Waals surface area contributed by atoms with Crippen molar-refractivity contribution in [3.05, 3.63) is 28.8 Å². The van der Waals surface area contributed by atoms with Gasteiger partial charge in [-0.1, -0.05) is 17.7 Å². The van der Waals surface area contributed by atoms with E-state index >= 15 is 0 Å². The maximum Gasteiger partial charge on any atom is 0.305 e. The van der Waals surface area contributed by atoms with Crippen LogP contribution >= 0.6 is 11.6 Å². The summed E-state index contributed by atoms with van der Waals surface area (Å²) in [5.41, 5.74) is 0.910. The lowest BCUT2D eigenvalue weighted by atomic mass is 10.2. The van der Waals surface area contributed by atoms with E-state index in [1.807, 2.05) is 18.2 Å². The Kier molecular flexibility index (Phi) is 8.82. The third-order valence-electron chi connectivity index (χ3n) is 2.87. The molecule has 0 aromatic heterocycles. The van der Waals surface area contributed by atoms with Gasteiger partial charge in [-0.05, 0) is 18.6 Å². The SMILES string of the molecule is COCCNCc1c(Cl)cccc1OCCCC(=O)OC. The third-order valence-corrected chi connectivity index (χ3v) is 3.23. The minimum Gasteiger partial charge on any atom is -0.493 e. The zero-order valence-corrected chi connectivity index (χ0v) is 13.2. The molecular weight excluding hydrogens is 294 g/mol. The van der Waals surface area contributed by atoms with Crippen molar-refractivity contribution in [2.45, 2.75) is 19.4 Å². The summed E-state index contributed by atoms with van der Waals surface area (Å²) in [6, 6.07) is 5.55. The van der Waals surface area contributed by atoms with Crippen LogP contribution in [0.25, 0.3) is 0 Å². The van der Waals surface area contributed by atoms with Gasteiger partial charge in [0.15, 0.2) is 0 Å². The van der Waals surface area contributed by atoms with Gasteiger partial charge in [0.05, 0.1) is 20.3 Å². The second kappa shape index (κ2) is 10.4. The minimum absolute atomic E-state index is 0.230. The van der Waals surface area contributed by atoms with Gasteiger partial charge in [0, 0.05) is 37.2 Å². The van der Waals surface area contributed by atoms with Gasteiger partial charge in [0.1, 0.15) is 5.75 Å². The molecule has 0 atom stereocenters. The Morgan fingerprint density at radius 1 is 1.29 bits per heavy atom. The summed E-state index contributed by atoms with van der Waals surface area (Å²) >= 11 is 6.20. The molecule has 0 heterocycles. The van der Waals surface area contributed by atoms with Crippen molar-refractivity contribution in [1.29, 1.82) is 0 Å². The molecule has 0 saturated heterocycles. The lowest BCUT2D eigenvalue weighted by Crippen LogP contribution is -2.19. The monoisotopic (exact) mass is 315 g/mol. The van der Waals surface area contributed by atoms with E-state index in [2.05, 4.69) is 10.1 Å². The number of esters is 1. The molecule has 118 valence electrons. The number of rotatable bonds is 10. The van der Waals surface area contributed by atoms with Crippen molar-refractivity contribution in [2.75, 3.05) is 34.0 Å². The summed E-state index contributed by atoms with van der Waals surface area (Å²) in [6.07, 6.45) is 0.953. The highest BCUT2D eigenvalue weighted by Crippen LogP contribution is 2.26. The van der Waals surface area contributed by atoms with Crippen LogP contribution in [0.1, 0.15) is 18.4 Å². The molecule has 0 radical (unpaired) electrons. The molecule has 1 rings (SSSR count). The first-order valence-electron chi connectivity index (χ1n) is 6.85. The number of nitrogens with one attached hydrogen (secondary N) is 1. The zero-order chi connectivity index (χ0) is 15.5. The first-order valence-corrected chi connectivity index (χ1v) is 7.23. The van der Waals surface area contributed by atoms with E-state index in [-0.39, 0.29) is 5.97 Å². The van der Waals surface area contributed by atoms with Gasteiger partial charge >= 0.3 is 5.97 Å². The van der Waals surface area contributed by atoms with Crippen LogP contribution in [0.2, 0.25) is 5.02 Å². The molecule has 0 aliphatic carbocycles. The number of hydrogen-bond acceptors (Lipinski definition) is 5. The average Bonchev–Trinajstić information content (AvgIpc) is 2.49.